The van der Waals surface area contributed by atoms with E-state index in [1.54, 1.807) is 11.8 Å². The first-order valence-electron chi connectivity index (χ1n) is 4.24. The minimum Gasteiger partial charge on any atom is -0.399 e. The number of thioether (sulfide) groups is 1. The summed E-state index contributed by atoms with van der Waals surface area (Å²) in [4.78, 5) is 0. The predicted molar refractivity (Wildman–Crippen MR) is 57.2 cm³/mol. The number of benzene rings is 1. The Morgan fingerprint density at radius 3 is 2.62 bits per heavy atom. The molecule has 13 heavy (non-hydrogen) atoms. The predicted octanol–water partition coefficient (Wildman–Crippen LogP) is 3.05. The molecule has 3 heteroatoms. The third-order valence-corrected chi connectivity index (χ3v) is 2.73. The molecule has 0 saturated carbocycles. The van der Waals surface area contributed by atoms with Crippen LogP contribution in [0.2, 0.25) is 0 Å². The lowest BCUT2D eigenvalue weighted by Crippen LogP contribution is -1.92. The molecule has 0 aromatic heterocycles. The lowest BCUT2D eigenvalue weighted by atomic mass is 10.2. The average molecular weight is 199 g/mol. The van der Waals surface area contributed by atoms with Gasteiger partial charge in [0.15, 0.2) is 0 Å². The van der Waals surface area contributed by atoms with E-state index in [4.69, 9.17) is 5.73 Å². The molecule has 0 amide bonds. The largest absolute Gasteiger partial charge is 0.399 e. The molecule has 0 saturated heterocycles. The molecular formula is C10H14FNS. The van der Waals surface area contributed by atoms with Gasteiger partial charge >= 0.3 is 0 Å². The first-order valence-corrected chi connectivity index (χ1v) is 5.29. The van der Waals surface area contributed by atoms with Crippen LogP contribution in [0, 0.1) is 5.82 Å². The van der Waals surface area contributed by atoms with Crippen molar-refractivity contribution in [3.05, 3.63) is 29.6 Å². The minimum absolute atomic E-state index is 0.251. The van der Waals surface area contributed by atoms with E-state index < -0.39 is 0 Å². The summed E-state index contributed by atoms with van der Waals surface area (Å²) in [7, 11) is 0. The molecule has 72 valence electrons. The van der Waals surface area contributed by atoms with Gasteiger partial charge in [0, 0.05) is 11.4 Å². The summed E-state index contributed by atoms with van der Waals surface area (Å²) >= 11 is 1.78. The van der Waals surface area contributed by atoms with Crippen molar-refractivity contribution in [3.8, 4) is 0 Å². The first-order chi connectivity index (χ1) is 6.08. The van der Waals surface area contributed by atoms with Gasteiger partial charge in [-0.25, -0.2) is 4.39 Å². The van der Waals surface area contributed by atoms with Crippen LogP contribution in [-0.4, -0.2) is 5.25 Å². The third-order valence-electron chi connectivity index (χ3n) is 1.56. The van der Waals surface area contributed by atoms with E-state index in [0.717, 1.165) is 11.3 Å². The van der Waals surface area contributed by atoms with Gasteiger partial charge in [-0.3, -0.25) is 0 Å². The molecule has 1 rings (SSSR count). The molecule has 0 fully saturated rings. The summed E-state index contributed by atoms with van der Waals surface area (Å²) in [5.74, 6) is 0.568. The van der Waals surface area contributed by atoms with Crippen LogP contribution in [0.3, 0.4) is 0 Å². The van der Waals surface area contributed by atoms with Crippen molar-refractivity contribution < 1.29 is 4.39 Å². The van der Waals surface area contributed by atoms with Crippen LogP contribution in [0.5, 0.6) is 0 Å². The fraction of sp³-hybridized carbons (Fsp3) is 0.400. The summed E-state index contributed by atoms with van der Waals surface area (Å²) < 4.78 is 12.9. The molecule has 0 bridgehead atoms. The molecular weight excluding hydrogens is 185 g/mol. The maximum atomic E-state index is 12.9. The Bertz CT molecular complexity index is 266. The van der Waals surface area contributed by atoms with Crippen molar-refractivity contribution in [3.63, 3.8) is 0 Å². The summed E-state index contributed by atoms with van der Waals surface area (Å²) in [5, 5.41) is 0.560. The maximum absolute atomic E-state index is 12.9. The van der Waals surface area contributed by atoms with Gasteiger partial charge in [-0.1, -0.05) is 13.8 Å². The molecule has 0 aliphatic heterocycles. The quantitative estimate of drug-likeness (QED) is 0.757. The minimum atomic E-state index is -0.251. The highest BCUT2D eigenvalue weighted by atomic mass is 32.2. The van der Waals surface area contributed by atoms with Crippen molar-refractivity contribution in [1.29, 1.82) is 0 Å². The number of nitrogens with two attached hydrogens (primary N) is 1. The summed E-state index contributed by atoms with van der Waals surface area (Å²) in [6, 6.07) is 4.69. The number of rotatable bonds is 3. The van der Waals surface area contributed by atoms with Crippen LogP contribution in [-0.2, 0) is 5.75 Å². The summed E-state index contributed by atoms with van der Waals surface area (Å²) in [5.41, 5.74) is 6.97. The maximum Gasteiger partial charge on any atom is 0.125 e. The van der Waals surface area contributed by atoms with Gasteiger partial charge in [0.2, 0.25) is 0 Å². The zero-order valence-electron chi connectivity index (χ0n) is 7.88. The monoisotopic (exact) mass is 199 g/mol. The van der Waals surface area contributed by atoms with Crippen LogP contribution in [0.15, 0.2) is 18.2 Å². The molecule has 0 radical (unpaired) electrons. The van der Waals surface area contributed by atoms with Crippen molar-refractivity contribution >= 4 is 17.4 Å². The van der Waals surface area contributed by atoms with Gasteiger partial charge in [0.1, 0.15) is 5.82 Å². The second kappa shape index (κ2) is 4.51. The highest BCUT2D eigenvalue weighted by molar-refractivity contribution is 7.99. The van der Waals surface area contributed by atoms with Gasteiger partial charge in [-0.2, -0.15) is 11.8 Å². The number of anilines is 1. The van der Waals surface area contributed by atoms with Gasteiger partial charge < -0.3 is 5.73 Å². The summed E-state index contributed by atoms with van der Waals surface area (Å²) in [6.45, 7) is 4.24. The van der Waals surface area contributed by atoms with Crippen molar-refractivity contribution in [1.82, 2.24) is 0 Å². The lowest BCUT2D eigenvalue weighted by Gasteiger charge is -2.05. The Balaban J connectivity index is 2.66. The highest BCUT2D eigenvalue weighted by Crippen LogP contribution is 2.19. The topological polar surface area (TPSA) is 26.0 Å². The fourth-order valence-corrected chi connectivity index (χ4v) is 1.71. The van der Waals surface area contributed by atoms with Crippen molar-refractivity contribution in [2.45, 2.75) is 24.9 Å². The zero-order chi connectivity index (χ0) is 9.84. The van der Waals surface area contributed by atoms with Crippen LogP contribution in [0.1, 0.15) is 19.4 Å². The van der Waals surface area contributed by atoms with Crippen molar-refractivity contribution in [2.24, 2.45) is 0 Å². The number of hydrogen-bond donors (Lipinski definition) is 1. The Kier molecular flexibility index (Phi) is 3.60. The van der Waals surface area contributed by atoms with E-state index in [1.807, 2.05) is 6.07 Å². The van der Waals surface area contributed by atoms with Crippen LogP contribution in [0.25, 0.3) is 0 Å². The fourth-order valence-electron chi connectivity index (χ4n) is 1.02. The standard InChI is InChI=1S/C10H14FNS/c1-7(2)13-6-8-3-9(11)5-10(12)4-8/h3-5,7H,6,12H2,1-2H3. The van der Waals surface area contributed by atoms with Gasteiger partial charge in [-0.15, -0.1) is 0 Å². The molecule has 0 aliphatic rings. The molecule has 1 nitrogen and oxygen atoms in total. The van der Waals surface area contributed by atoms with E-state index >= 15 is 0 Å². The molecule has 0 heterocycles. The Labute approximate surface area is 82.5 Å². The normalized spacial score (nSPS) is 10.8. The van der Waals surface area contributed by atoms with Crippen LogP contribution in [0.4, 0.5) is 10.1 Å². The number of halogens is 1. The van der Waals surface area contributed by atoms with Crippen LogP contribution >= 0.6 is 11.8 Å². The highest BCUT2D eigenvalue weighted by Gasteiger charge is 2.00. The molecule has 0 atom stereocenters. The Morgan fingerprint density at radius 1 is 1.38 bits per heavy atom. The van der Waals surface area contributed by atoms with Gasteiger partial charge in [0.05, 0.1) is 0 Å². The van der Waals surface area contributed by atoms with E-state index in [0.29, 0.717) is 10.9 Å². The SMILES string of the molecule is CC(C)SCc1cc(N)cc(F)c1. The second-order valence-electron chi connectivity index (χ2n) is 3.25. The third kappa shape index (κ3) is 3.68. The van der Waals surface area contributed by atoms with Gasteiger partial charge in [-0.05, 0) is 29.0 Å². The lowest BCUT2D eigenvalue weighted by molar-refractivity contribution is 0.627. The first kappa shape index (κ1) is 10.4. The molecule has 1 aromatic carbocycles. The van der Waals surface area contributed by atoms with Crippen molar-refractivity contribution in [2.75, 3.05) is 5.73 Å². The average Bonchev–Trinajstić information content (AvgIpc) is 1.99. The second-order valence-corrected chi connectivity index (χ2v) is 4.82. The molecule has 1 aromatic rings. The van der Waals surface area contributed by atoms with E-state index in [9.17, 15) is 4.39 Å². The molecule has 0 aliphatic carbocycles. The molecule has 2 N–H and O–H groups in total. The van der Waals surface area contributed by atoms with E-state index in [2.05, 4.69) is 13.8 Å². The number of nitrogen functional groups attached to an aromatic ring is 1. The zero-order valence-corrected chi connectivity index (χ0v) is 8.70. The molecule has 0 unspecified atom stereocenters. The van der Waals surface area contributed by atoms with Gasteiger partial charge in [0.25, 0.3) is 0 Å². The van der Waals surface area contributed by atoms with E-state index in [1.165, 1.54) is 12.1 Å². The Hall–Kier alpha value is -0.700. The smallest absolute Gasteiger partial charge is 0.125 e. The van der Waals surface area contributed by atoms with E-state index in [-0.39, 0.29) is 5.82 Å². The summed E-state index contributed by atoms with van der Waals surface area (Å²) in [6.07, 6.45) is 0. The van der Waals surface area contributed by atoms with Crippen LogP contribution < -0.4 is 5.73 Å². The Morgan fingerprint density at radius 2 is 2.08 bits per heavy atom. The number of hydrogen-bond acceptors (Lipinski definition) is 2. The molecule has 0 spiro atoms.